The van der Waals surface area contributed by atoms with E-state index in [2.05, 4.69) is 38.0 Å². The summed E-state index contributed by atoms with van der Waals surface area (Å²) in [6.07, 6.45) is 1.73. The van der Waals surface area contributed by atoms with Crippen molar-refractivity contribution in [3.8, 4) is 17.1 Å². The lowest BCUT2D eigenvalue weighted by molar-refractivity contribution is -0.113. The molecule has 0 aliphatic carbocycles. The maximum atomic E-state index is 12.5. The molecule has 0 fully saturated rings. The highest BCUT2D eigenvalue weighted by Crippen LogP contribution is 2.34. The van der Waals surface area contributed by atoms with Crippen LogP contribution < -0.4 is 5.32 Å². The van der Waals surface area contributed by atoms with Crippen molar-refractivity contribution in [2.75, 3.05) is 11.1 Å². The number of benzene rings is 3. The van der Waals surface area contributed by atoms with E-state index < -0.39 is 0 Å². The molecule has 0 aliphatic heterocycles. The average molecular weight is 509 g/mol. The number of fused-ring (bicyclic) bond motifs is 1. The molecule has 1 aromatic heterocycles. The van der Waals surface area contributed by atoms with Crippen LogP contribution in [-0.2, 0) is 11.3 Å². The lowest BCUT2D eigenvalue weighted by atomic mass is 10.1. The van der Waals surface area contributed by atoms with E-state index in [0.29, 0.717) is 23.1 Å². The summed E-state index contributed by atoms with van der Waals surface area (Å²) in [5.41, 5.74) is 2.40. The smallest absolute Gasteiger partial charge is 0.234 e. The standard InChI is InChI=1S/C24H21BrN4O2S/c1-3-10-29-23(18-12-16-6-4-5-7-17(16)13-21(18)30)27-28-24(29)32-14-22(31)26-20-9-8-15(2)11-19(20)25/h3-9,11-13,30H,1,10,14H2,2H3,(H,26,31). The molecule has 3 aromatic carbocycles. The fourth-order valence-corrected chi connectivity index (χ4v) is 4.67. The summed E-state index contributed by atoms with van der Waals surface area (Å²) >= 11 is 4.76. The number of phenolic OH excluding ortho intramolecular Hbond substituents is 1. The molecule has 0 aliphatic rings. The van der Waals surface area contributed by atoms with Crippen LogP contribution in [0.2, 0.25) is 0 Å². The van der Waals surface area contributed by atoms with Crippen molar-refractivity contribution in [3.63, 3.8) is 0 Å². The quantitative estimate of drug-likeness (QED) is 0.244. The molecule has 4 rings (SSSR count). The second-order valence-corrected chi connectivity index (χ2v) is 9.04. The Labute approximate surface area is 198 Å². The molecule has 0 saturated carbocycles. The average Bonchev–Trinajstić information content (AvgIpc) is 3.16. The minimum absolute atomic E-state index is 0.125. The third-order valence-corrected chi connectivity index (χ3v) is 6.49. The van der Waals surface area contributed by atoms with Gasteiger partial charge in [-0.3, -0.25) is 9.36 Å². The highest BCUT2D eigenvalue weighted by Gasteiger charge is 2.18. The summed E-state index contributed by atoms with van der Waals surface area (Å²) < 4.78 is 2.68. The molecule has 32 heavy (non-hydrogen) atoms. The number of rotatable bonds is 7. The fraction of sp³-hybridized carbons (Fsp3) is 0.125. The molecule has 2 N–H and O–H groups in total. The van der Waals surface area contributed by atoms with Gasteiger partial charge in [0.25, 0.3) is 0 Å². The van der Waals surface area contributed by atoms with Crippen molar-refractivity contribution in [2.45, 2.75) is 18.6 Å². The largest absolute Gasteiger partial charge is 0.507 e. The van der Waals surface area contributed by atoms with E-state index in [4.69, 9.17) is 0 Å². The van der Waals surface area contributed by atoms with Crippen LogP contribution in [0.1, 0.15) is 5.56 Å². The van der Waals surface area contributed by atoms with Gasteiger partial charge in [-0.05, 0) is 63.5 Å². The zero-order valence-electron chi connectivity index (χ0n) is 17.4. The number of nitrogens with one attached hydrogen (secondary N) is 1. The van der Waals surface area contributed by atoms with Gasteiger partial charge in [0.15, 0.2) is 11.0 Å². The lowest BCUT2D eigenvalue weighted by Gasteiger charge is -2.11. The minimum Gasteiger partial charge on any atom is -0.507 e. The second-order valence-electron chi connectivity index (χ2n) is 7.24. The summed E-state index contributed by atoms with van der Waals surface area (Å²) in [5.74, 6) is 0.666. The van der Waals surface area contributed by atoms with E-state index in [1.54, 1.807) is 12.1 Å². The molecule has 162 valence electrons. The lowest BCUT2D eigenvalue weighted by Crippen LogP contribution is -2.15. The van der Waals surface area contributed by atoms with Gasteiger partial charge >= 0.3 is 0 Å². The maximum absolute atomic E-state index is 12.5. The van der Waals surface area contributed by atoms with Crippen molar-refractivity contribution in [2.24, 2.45) is 0 Å². The maximum Gasteiger partial charge on any atom is 0.234 e. The Morgan fingerprint density at radius 2 is 1.94 bits per heavy atom. The van der Waals surface area contributed by atoms with Gasteiger partial charge in [0.05, 0.1) is 17.0 Å². The third-order valence-electron chi connectivity index (χ3n) is 4.86. The molecule has 0 saturated heterocycles. The monoisotopic (exact) mass is 508 g/mol. The summed E-state index contributed by atoms with van der Waals surface area (Å²) in [4.78, 5) is 12.5. The van der Waals surface area contributed by atoms with E-state index in [1.807, 2.05) is 60.0 Å². The van der Waals surface area contributed by atoms with Crippen LogP contribution in [0.4, 0.5) is 5.69 Å². The molecule has 6 nitrogen and oxygen atoms in total. The summed E-state index contributed by atoms with van der Waals surface area (Å²) in [6.45, 7) is 6.26. The number of allylic oxidation sites excluding steroid dienone is 1. The SMILES string of the molecule is C=CCn1c(SCC(=O)Nc2ccc(C)cc2Br)nnc1-c1cc2ccccc2cc1O. The van der Waals surface area contributed by atoms with Gasteiger partial charge in [0.1, 0.15) is 5.75 Å². The first-order valence-corrected chi connectivity index (χ1v) is 11.7. The van der Waals surface area contributed by atoms with Gasteiger partial charge in [0.2, 0.25) is 5.91 Å². The third kappa shape index (κ3) is 4.71. The molecular formula is C24H21BrN4O2S. The van der Waals surface area contributed by atoms with Crippen LogP contribution in [0.25, 0.3) is 22.2 Å². The molecule has 0 spiro atoms. The van der Waals surface area contributed by atoms with Crippen molar-refractivity contribution in [1.82, 2.24) is 14.8 Å². The highest BCUT2D eigenvalue weighted by atomic mass is 79.9. The number of carbonyl (C=O) groups excluding carboxylic acids is 1. The van der Waals surface area contributed by atoms with Crippen LogP contribution in [0.15, 0.2) is 76.9 Å². The Hall–Kier alpha value is -3.10. The number of thioether (sulfide) groups is 1. The van der Waals surface area contributed by atoms with Crippen LogP contribution in [0.3, 0.4) is 0 Å². The van der Waals surface area contributed by atoms with Gasteiger partial charge in [-0.2, -0.15) is 0 Å². The Balaban J connectivity index is 1.56. The van der Waals surface area contributed by atoms with Crippen LogP contribution in [-0.4, -0.2) is 31.5 Å². The van der Waals surface area contributed by atoms with E-state index in [9.17, 15) is 9.90 Å². The zero-order valence-corrected chi connectivity index (χ0v) is 19.8. The number of aromatic nitrogens is 3. The Bertz CT molecular complexity index is 1320. The minimum atomic E-state index is -0.150. The number of aryl methyl sites for hydroxylation is 1. The van der Waals surface area contributed by atoms with Gasteiger partial charge in [-0.1, -0.05) is 48.2 Å². The van der Waals surface area contributed by atoms with E-state index >= 15 is 0 Å². The van der Waals surface area contributed by atoms with Crippen molar-refractivity contribution in [1.29, 1.82) is 0 Å². The molecular weight excluding hydrogens is 488 g/mol. The van der Waals surface area contributed by atoms with E-state index in [1.165, 1.54) is 11.8 Å². The first-order valence-electron chi connectivity index (χ1n) is 9.91. The number of amides is 1. The van der Waals surface area contributed by atoms with Gasteiger partial charge in [0, 0.05) is 11.0 Å². The predicted octanol–water partition coefficient (Wildman–Crippen LogP) is 5.79. The first kappa shape index (κ1) is 22.1. The molecule has 0 radical (unpaired) electrons. The molecule has 8 heteroatoms. The number of hydrogen-bond acceptors (Lipinski definition) is 5. The number of carbonyl (C=O) groups is 1. The van der Waals surface area contributed by atoms with Gasteiger partial charge in [-0.15, -0.1) is 16.8 Å². The number of aromatic hydroxyl groups is 1. The number of phenols is 1. The Morgan fingerprint density at radius 3 is 2.66 bits per heavy atom. The molecule has 0 unspecified atom stereocenters. The summed E-state index contributed by atoms with van der Waals surface area (Å²) in [7, 11) is 0. The van der Waals surface area contributed by atoms with E-state index in [0.717, 1.165) is 26.5 Å². The number of nitrogens with zero attached hydrogens (tertiary/aromatic N) is 3. The van der Waals surface area contributed by atoms with Gasteiger partial charge in [-0.25, -0.2) is 0 Å². The molecule has 0 atom stereocenters. The molecule has 0 bridgehead atoms. The Kier molecular flexibility index (Phi) is 6.62. The van der Waals surface area contributed by atoms with Crippen LogP contribution in [0.5, 0.6) is 5.75 Å². The predicted molar refractivity (Wildman–Crippen MR) is 133 cm³/mol. The fourth-order valence-electron chi connectivity index (χ4n) is 3.33. The first-order chi connectivity index (χ1) is 15.5. The number of hydrogen-bond donors (Lipinski definition) is 2. The zero-order chi connectivity index (χ0) is 22.7. The number of halogens is 1. The van der Waals surface area contributed by atoms with E-state index in [-0.39, 0.29) is 17.4 Å². The topological polar surface area (TPSA) is 80.0 Å². The molecule has 1 heterocycles. The number of anilines is 1. The molecule has 1 amide bonds. The van der Waals surface area contributed by atoms with Crippen molar-refractivity contribution < 1.29 is 9.90 Å². The van der Waals surface area contributed by atoms with Crippen molar-refractivity contribution in [3.05, 3.63) is 77.3 Å². The summed E-state index contributed by atoms with van der Waals surface area (Å²) in [5, 5.41) is 24.6. The highest BCUT2D eigenvalue weighted by molar-refractivity contribution is 9.10. The molecule has 4 aromatic rings. The summed E-state index contributed by atoms with van der Waals surface area (Å²) in [6, 6.07) is 17.2. The van der Waals surface area contributed by atoms with Crippen LogP contribution in [0, 0.1) is 6.92 Å². The normalized spacial score (nSPS) is 10.9. The van der Waals surface area contributed by atoms with Crippen LogP contribution >= 0.6 is 27.7 Å². The second kappa shape index (κ2) is 9.58. The van der Waals surface area contributed by atoms with Gasteiger partial charge < -0.3 is 10.4 Å². The Morgan fingerprint density at radius 1 is 1.19 bits per heavy atom. The van der Waals surface area contributed by atoms with Crippen molar-refractivity contribution >= 4 is 50.1 Å².